The largest absolute Gasteiger partial charge is 0.482 e. The molecule has 2 aromatic carbocycles. The van der Waals surface area contributed by atoms with Crippen LogP contribution in [-0.2, 0) is 20.7 Å². The number of hydrogen-bond acceptors (Lipinski definition) is 5. The molecule has 0 radical (unpaired) electrons. The van der Waals surface area contributed by atoms with Crippen molar-refractivity contribution in [2.24, 2.45) is 0 Å². The van der Waals surface area contributed by atoms with E-state index in [9.17, 15) is 14.4 Å². The molecule has 0 saturated heterocycles. The summed E-state index contributed by atoms with van der Waals surface area (Å²) in [6.45, 7) is 1.43. The first kappa shape index (κ1) is 19.2. The highest BCUT2D eigenvalue weighted by molar-refractivity contribution is 5.98. The fourth-order valence-corrected chi connectivity index (χ4v) is 2.17. The maximum atomic E-state index is 12.1. The van der Waals surface area contributed by atoms with Crippen LogP contribution < -0.4 is 10.1 Å². The van der Waals surface area contributed by atoms with Gasteiger partial charge in [-0.3, -0.25) is 9.59 Å². The molecule has 0 spiro atoms. The second-order valence-corrected chi connectivity index (χ2v) is 5.62. The van der Waals surface area contributed by atoms with E-state index in [1.54, 1.807) is 36.4 Å². The van der Waals surface area contributed by atoms with Gasteiger partial charge in [0, 0.05) is 19.0 Å². The zero-order valence-corrected chi connectivity index (χ0v) is 14.6. The van der Waals surface area contributed by atoms with Gasteiger partial charge in [0.15, 0.2) is 19.0 Å². The summed E-state index contributed by atoms with van der Waals surface area (Å²) in [5.74, 6) is -0.402. The van der Waals surface area contributed by atoms with Crippen LogP contribution in [0, 0.1) is 0 Å². The molecule has 0 saturated carbocycles. The number of benzene rings is 2. The third-order valence-corrected chi connectivity index (χ3v) is 3.53. The number of ether oxygens (including phenoxy) is 2. The fourth-order valence-electron chi connectivity index (χ4n) is 2.17. The lowest BCUT2D eigenvalue weighted by Gasteiger charge is -2.07. The van der Waals surface area contributed by atoms with E-state index in [1.807, 2.05) is 18.2 Å². The summed E-state index contributed by atoms with van der Waals surface area (Å²) in [7, 11) is 0. The van der Waals surface area contributed by atoms with Crippen LogP contribution in [0.1, 0.15) is 22.8 Å². The average Bonchev–Trinajstić information content (AvgIpc) is 2.65. The Labute approximate surface area is 152 Å². The number of esters is 1. The van der Waals surface area contributed by atoms with Crippen molar-refractivity contribution in [2.45, 2.75) is 13.3 Å². The van der Waals surface area contributed by atoms with Gasteiger partial charge in [-0.15, -0.1) is 0 Å². The molecule has 2 aromatic rings. The molecule has 0 heterocycles. The third kappa shape index (κ3) is 6.76. The van der Waals surface area contributed by atoms with Crippen molar-refractivity contribution >= 4 is 17.7 Å². The Morgan fingerprint density at radius 2 is 1.62 bits per heavy atom. The second kappa shape index (κ2) is 9.98. The van der Waals surface area contributed by atoms with E-state index >= 15 is 0 Å². The number of nitrogens with one attached hydrogen (secondary N) is 1. The van der Waals surface area contributed by atoms with Crippen LogP contribution in [0.25, 0.3) is 0 Å². The number of Topliss-reactive ketones (excluding diaryl/α,β-unsaturated/α-hetero) is 1. The van der Waals surface area contributed by atoms with Gasteiger partial charge >= 0.3 is 5.97 Å². The smallest absolute Gasteiger partial charge is 0.344 e. The molecule has 0 aliphatic carbocycles. The summed E-state index contributed by atoms with van der Waals surface area (Å²) in [5, 5.41) is 2.71. The van der Waals surface area contributed by atoms with Crippen LogP contribution in [0.15, 0.2) is 54.6 Å². The Kier molecular flexibility index (Phi) is 7.36. The summed E-state index contributed by atoms with van der Waals surface area (Å²) < 4.78 is 10.2. The predicted molar refractivity (Wildman–Crippen MR) is 96.1 cm³/mol. The minimum absolute atomic E-state index is 0.0742. The van der Waals surface area contributed by atoms with Gasteiger partial charge in [-0.1, -0.05) is 42.5 Å². The van der Waals surface area contributed by atoms with E-state index in [0.717, 1.165) is 5.56 Å². The minimum Gasteiger partial charge on any atom is -0.482 e. The number of carbonyl (C=O) groups is 3. The molecule has 0 fully saturated rings. The molecule has 0 aliphatic heterocycles. The monoisotopic (exact) mass is 355 g/mol. The molecule has 136 valence electrons. The Morgan fingerprint density at radius 3 is 2.27 bits per heavy atom. The molecule has 0 aliphatic rings. The third-order valence-electron chi connectivity index (χ3n) is 3.53. The summed E-state index contributed by atoms with van der Waals surface area (Å²) in [4.78, 5) is 34.5. The molecule has 1 amide bonds. The van der Waals surface area contributed by atoms with Gasteiger partial charge in [-0.2, -0.15) is 0 Å². The Morgan fingerprint density at radius 1 is 0.923 bits per heavy atom. The molecule has 26 heavy (non-hydrogen) atoms. The number of carbonyl (C=O) groups excluding carboxylic acids is 3. The van der Waals surface area contributed by atoms with Gasteiger partial charge in [-0.25, -0.2) is 4.79 Å². The highest BCUT2D eigenvalue weighted by Gasteiger charge is 2.10. The van der Waals surface area contributed by atoms with Gasteiger partial charge in [-0.05, 0) is 24.1 Å². The van der Waals surface area contributed by atoms with Gasteiger partial charge < -0.3 is 14.8 Å². The Hall–Kier alpha value is -3.15. The number of para-hydroxylation sites is 1. The summed E-state index contributed by atoms with van der Waals surface area (Å²) >= 11 is 0. The van der Waals surface area contributed by atoms with E-state index in [2.05, 4.69) is 5.32 Å². The van der Waals surface area contributed by atoms with Gasteiger partial charge in [0.05, 0.1) is 0 Å². The average molecular weight is 355 g/mol. The lowest BCUT2D eigenvalue weighted by Crippen LogP contribution is -2.22. The van der Waals surface area contributed by atoms with Gasteiger partial charge in [0.2, 0.25) is 5.91 Å². The summed E-state index contributed by atoms with van der Waals surface area (Å²) in [5.41, 5.74) is 1.47. The molecule has 1 N–H and O–H groups in total. The lowest BCUT2D eigenvalue weighted by atomic mass is 10.1. The van der Waals surface area contributed by atoms with Gasteiger partial charge in [0.1, 0.15) is 5.75 Å². The zero-order chi connectivity index (χ0) is 18.8. The normalized spacial score (nSPS) is 10.0. The zero-order valence-electron chi connectivity index (χ0n) is 14.6. The maximum Gasteiger partial charge on any atom is 0.344 e. The van der Waals surface area contributed by atoms with Crippen LogP contribution in [0.4, 0.5) is 0 Å². The SMILES string of the molecule is CC(=O)NCCc1ccc(C(=O)COC(=O)COc2ccccc2)cc1. The first-order valence-corrected chi connectivity index (χ1v) is 8.24. The molecule has 0 unspecified atom stereocenters. The second-order valence-electron chi connectivity index (χ2n) is 5.62. The van der Waals surface area contributed by atoms with Crippen molar-refractivity contribution in [2.75, 3.05) is 19.8 Å². The van der Waals surface area contributed by atoms with Crippen molar-refractivity contribution in [1.29, 1.82) is 0 Å². The van der Waals surface area contributed by atoms with Crippen molar-refractivity contribution < 1.29 is 23.9 Å². The number of ketones is 1. The van der Waals surface area contributed by atoms with Crippen molar-refractivity contribution in [1.82, 2.24) is 5.32 Å². The van der Waals surface area contributed by atoms with E-state index in [1.165, 1.54) is 6.92 Å². The Bertz CT molecular complexity index is 741. The first-order valence-electron chi connectivity index (χ1n) is 8.24. The molecule has 6 heteroatoms. The molecule has 0 bridgehead atoms. The van der Waals surface area contributed by atoms with E-state index in [0.29, 0.717) is 24.3 Å². The van der Waals surface area contributed by atoms with Crippen molar-refractivity contribution in [3.63, 3.8) is 0 Å². The Balaban J connectivity index is 1.73. The number of amides is 1. The standard InChI is InChI=1S/C20H21NO5/c1-15(22)21-12-11-16-7-9-17(10-8-16)19(23)13-26-20(24)14-25-18-5-3-2-4-6-18/h2-10H,11-14H2,1H3,(H,21,22). The van der Waals surface area contributed by atoms with Crippen LogP contribution in [0.5, 0.6) is 5.75 Å². The van der Waals surface area contributed by atoms with Gasteiger partial charge in [0.25, 0.3) is 0 Å². The molecular formula is C20H21NO5. The maximum absolute atomic E-state index is 12.1. The molecular weight excluding hydrogens is 334 g/mol. The number of hydrogen-bond donors (Lipinski definition) is 1. The van der Waals surface area contributed by atoms with Crippen molar-refractivity contribution in [3.05, 3.63) is 65.7 Å². The van der Waals surface area contributed by atoms with Crippen LogP contribution in [0.2, 0.25) is 0 Å². The predicted octanol–water partition coefficient (Wildman–Crippen LogP) is 2.17. The topological polar surface area (TPSA) is 81.7 Å². The fraction of sp³-hybridized carbons (Fsp3) is 0.250. The quantitative estimate of drug-likeness (QED) is 0.551. The first-order chi connectivity index (χ1) is 12.5. The number of rotatable bonds is 9. The molecule has 6 nitrogen and oxygen atoms in total. The summed E-state index contributed by atoms with van der Waals surface area (Å²) in [6, 6.07) is 15.9. The van der Waals surface area contributed by atoms with Crippen molar-refractivity contribution in [3.8, 4) is 5.75 Å². The molecule has 0 aromatic heterocycles. The van der Waals surface area contributed by atoms with E-state index in [4.69, 9.17) is 9.47 Å². The van der Waals surface area contributed by atoms with Crippen LogP contribution >= 0.6 is 0 Å². The highest BCUT2D eigenvalue weighted by atomic mass is 16.6. The van der Waals surface area contributed by atoms with Crippen LogP contribution in [0.3, 0.4) is 0 Å². The highest BCUT2D eigenvalue weighted by Crippen LogP contribution is 2.09. The van der Waals surface area contributed by atoms with Crippen LogP contribution in [-0.4, -0.2) is 37.4 Å². The minimum atomic E-state index is -0.603. The lowest BCUT2D eigenvalue weighted by molar-refractivity contribution is -0.144. The van der Waals surface area contributed by atoms with E-state index in [-0.39, 0.29) is 24.9 Å². The molecule has 0 atom stereocenters. The molecule has 2 rings (SSSR count). The summed E-state index contributed by atoms with van der Waals surface area (Å²) in [6.07, 6.45) is 0.680. The van der Waals surface area contributed by atoms with E-state index < -0.39 is 5.97 Å².